The van der Waals surface area contributed by atoms with Crippen LogP contribution in [-0.2, 0) is 4.74 Å². The van der Waals surface area contributed by atoms with Crippen molar-refractivity contribution in [3.05, 3.63) is 22.3 Å². The summed E-state index contributed by atoms with van der Waals surface area (Å²) in [5.41, 5.74) is 1.21. The molecule has 0 bridgehead atoms. The Kier molecular flexibility index (Phi) is 4.18. The zero-order chi connectivity index (χ0) is 11.4. The second-order valence-electron chi connectivity index (χ2n) is 4.26. The second-order valence-corrected chi connectivity index (χ2v) is 5.11. The number of halogens is 1. The summed E-state index contributed by atoms with van der Waals surface area (Å²) in [6.07, 6.45) is 4.16. The number of anilines is 1. The highest BCUT2D eigenvalue weighted by Gasteiger charge is 2.13. The van der Waals surface area contributed by atoms with Gasteiger partial charge in [0.15, 0.2) is 0 Å². The van der Waals surface area contributed by atoms with Crippen LogP contribution in [0.3, 0.4) is 0 Å². The van der Waals surface area contributed by atoms with Gasteiger partial charge in [-0.25, -0.2) is 4.98 Å². The zero-order valence-corrected chi connectivity index (χ0v) is 11.1. The van der Waals surface area contributed by atoms with Crippen LogP contribution in [0.2, 0.25) is 0 Å². The monoisotopic (exact) mass is 284 g/mol. The number of aryl methyl sites for hydroxylation is 1. The first-order valence-corrected chi connectivity index (χ1v) is 6.49. The number of hydrogen-bond acceptors (Lipinski definition) is 3. The van der Waals surface area contributed by atoms with Crippen molar-refractivity contribution in [2.45, 2.75) is 19.8 Å². The minimum absolute atomic E-state index is 0.722. The quantitative estimate of drug-likeness (QED) is 0.927. The average molecular weight is 285 g/mol. The molecule has 2 rings (SSSR count). The van der Waals surface area contributed by atoms with Crippen LogP contribution in [0.1, 0.15) is 18.4 Å². The van der Waals surface area contributed by atoms with Gasteiger partial charge in [-0.3, -0.25) is 0 Å². The summed E-state index contributed by atoms with van der Waals surface area (Å²) in [5.74, 6) is 1.69. The predicted octanol–water partition coefficient (Wildman–Crippen LogP) is 2.99. The highest BCUT2D eigenvalue weighted by atomic mass is 79.9. The van der Waals surface area contributed by atoms with Gasteiger partial charge < -0.3 is 10.1 Å². The molecule has 0 unspecified atom stereocenters. The number of hydrogen-bond donors (Lipinski definition) is 1. The summed E-state index contributed by atoms with van der Waals surface area (Å²) in [5, 5.41) is 3.39. The van der Waals surface area contributed by atoms with Crippen molar-refractivity contribution in [3.63, 3.8) is 0 Å². The lowest BCUT2D eigenvalue weighted by molar-refractivity contribution is 0.0699. The first-order chi connectivity index (χ1) is 7.75. The molecule has 16 heavy (non-hydrogen) atoms. The Morgan fingerprint density at radius 3 is 2.94 bits per heavy atom. The molecule has 3 nitrogen and oxygen atoms in total. The molecular weight excluding hydrogens is 268 g/mol. The lowest BCUT2D eigenvalue weighted by Gasteiger charge is -2.22. The van der Waals surface area contributed by atoms with Crippen LogP contribution in [-0.4, -0.2) is 24.7 Å². The Bertz CT molecular complexity index is 351. The molecule has 0 atom stereocenters. The van der Waals surface area contributed by atoms with Gasteiger partial charge in [-0.15, -0.1) is 0 Å². The summed E-state index contributed by atoms with van der Waals surface area (Å²) in [6.45, 7) is 4.88. The van der Waals surface area contributed by atoms with Gasteiger partial charge in [0.2, 0.25) is 0 Å². The molecule has 1 aliphatic rings. The lowest BCUT2D eigenvalue weighted by Crippen LogP contribution is -2.22. The maximum atomic E-state index is 5.34. The maximum Gasteiger partial charge on any atom is 0.126 e. The first-order valence-electron chi connectivity index (χ1n) is 5.69. The molecule has 1 aromatic rings. The van der Waals surface area contributed by atoms with Crippen molar-refractivity contribution in [3.8, 4) is 0 Å². The van der Waals surface area contributed by atoms with Crippen molar-refractivity contribution in [1.29, 1.82) is 0 Å². The molecule has 1 N–H and O–H groups in total. The van der Waals surface area contributed by atoms with E-state index in [-0.39, 0.29) is 0 Å². The van der Waals surface area contributed by atoms with E-state index in [2.05, 4.69) is 39.2 Å². The molecule has 4 heteroatoms. The van der Waals surface area contributed by atoms with E-state index in [0.29, 0.717) is 0 Å². The van der Waals surface area contributed by atoms with Gasteiger partial charge in [0.1, 0.15) is 5.82 Å². The van der Waals surface area contributed by atoms with Gasteiger partial charge in [0.05, 0.1) is 0 Å². The maximum absolute atomic E-state index is 5.34. The Labute approximate surface area is 105 Å². The number of pyridine rings is 1. The van der Waals surface area contributed by atoms with Crippen molar-refractivity contribution >= 4 is 21.7 Å². The summed E-state index contributed by atoms with van der Waals surface area (Å²) >= 11 is 3.45. The molecule has 1 aliphatic heterocycles. The SMILES string of the molecule is Cc1cc(NCC2CCOCC2)ncc1Br. The molecule has 0 amide bonds. The molecule has 88 valence electrons. The highest BCUT2D eigenvalue weighted by molar-refractivity contribution is 9.10. The molecular formula is C12H17BrN2O. The van der Waals surface area contributed by atoms with Crippen LogP contribution in [0.15, 0.2) is 16.7 Å². The summed E-state index contributed by atoms with van der Waals surface area (Å²) in [7, 11) is 0. The Balaban J connectivity index is 1.86. The molecule has 0 spiro atoms. The fraction of sp³-hybridized carbons (Fsp3) is 0.583. The van der Waals surface area contributed by atoms with Gasteiger partial charge in [-0.1, -0.05) is 0 Å². The number of nitrogens with zero attached hydrogens (tertiary/aromatic N) is 1. The Morgan fingerprint density at radius 1 is 1.50 bits per heavy atom. The molecule has 1 fully saturated rings. The number of ether oxygens (including phenoxy) is 1. The molecule has 1 saturated heterocycles. The molecule has 2 heterocycles. The van der Waals surface area contributed by atoms with Crippen LogP contribution in [0.25, 0.3) is 0 Å². The fourth-order valence-electron chi connectivity index (χ4n) is 1.84. The molecule has 0 saturated carbocycles. The topological polar surface area (TPSA) is 34.1 Å². The van der Waals surface area contributed by atoms with Crippen molar-refractivity contribution < 1.29 is 4.74 Å². The number of aromatic nitrogens is 1. The highest BCUT2D eigenvalue weighted by Crippen LogP contribution is 2.19. The third-order valence-electron chi connectivity index (χ3n) is 2.96. The van der Waals surface area contributed by atoms with E-state index in [0.717, 1.165) is 48.8 Å². The van der Waals surface area contributed by atoms with E-state index in [9.17, 15) is 0 Å². The third kappa shape index (κ3) is 3.19. The summed E-state index contributed by atoms with van der Waals surface area (Å²) < 4.78 is 6.40. The van der Waals surface area contributed by atoms with Crippen molar-refractivity contribution in [2.75, 3.05) is 25.1 Å². The zero-order valence-electron chi connectivity index (χ0n) is 9.50. The normalized spacial score (nSPS) is 17.4. The molecule has 0 aliphatic carbocycles. The largest absolute Gasteiger partial charge is 0.381 e. The number of nitrogens with one attached hydrogen (secondary N) is 1. The average Bonchev–Trinajstić information content (AvgIpc) is 2.32. The lowest BCUT2D eigenvalue weighted by atomic mass is 10.0. The van der Waals surface area contributed by atoms with Crippen LogP contribution in [0.5, 0.6) is 0 Å². The predicted molar refractivity (Wildman–Crippen MR) is 68.7 cm³/mol. The minimum atomic E-state index is 0.722. The first kappa shape index (κ1) is 11.9. The van der Waals surface area contributed by atoms with E-state index in [1.54, 1.807) is 0 Å². The van der Waals surface area contributed by atoms with Gasteiger partial charge in [0.25, 0.3) is 0 Å². The van der Waals surface area contributed by atoms with Crippen LogP contribution in [0.4, 0.5) is 5.82 Å². The van der Waals surface area contributed by atoms with Crippen LogP contribution < -0.4 is 5.32 Å². The van der Waals surface area contributed by atoms with Crippen molar-refractivity contribution in [2.24, 2.45) is 5.92 Å². The second kappa shape index (κ2) is 5.64. The standard InChI is InChI=1S/C12H17BrN2O/c1-9-6-12(15-8-11(9)13)14-7-10-2-4-16-5-3-10/h6,8,10H,2-5,7H2,1H3,(H,14,15). The van der Waals surface area contributed by atoms with E-state index in [1.807, 2.05) is 6.20 Å². The van der Waals surface area contributed by atoms with Crippen LogP contribution in [0, 0.1) is 12.8 Å². The third-order valence-corrected chi connectivity index (χ3v) is 3.79. The van der Waals surface area contributed by atoms with E-state index < -0.39 is 0 Å². The van der Waals surface area contributed by atoms with Crippen molar-refractivity contribution in [1.82, 2.24) is 4.98 Å². The Morgan fingerprint density at radius 2 is 2.25 bits per heavy atom. The smallest absolute Gasteiger partial charge is 0.126 e. The molecule has 0 radical (unpaired) electrons. The van der Waals surface area contributed by atoms with Gasteiger partial charge >= 0.3 is 0 Å². The van der Waals surface area contributed by atoms with Gasteiger partial charge in [0, 0.05) is 30.4 Å². The molecule has 1 aromatic heterocycles. The number of rotatable bonds is 3. The van der Waals surface area contributed by atoms with E-state index in [4.69, 9.17) is 4.74 Å². The van der Waals surface area contributed by atoms with Gasteiger partial charge in [-0.05, 0) is 53.2 Å². The van der Waals surface area contributed by atoms with Gasteiger partial charge in [-0.2, -0.15) is 0 Å². The minimum Gasteiger partial charge on any atom is -0.381 e. The molecule has 0 aromatic carbocycles. The summed E-state index contributed by atoms with van der Waals surface area (Å²) in [4.78, 5) is 4.33. The summed E-state index contributed by atoms with van der Waals surface area (Å²) in [6, 6.07) is 2.07. The van der Waals surface area contributed by atoms with Crippen LogP contribution >= 0.6 is 15.9 Å². The fourth-order valence-corrected chi connectivity index (χ4v) is 2.05. The van der Waals surface area contributed by atoms with E-state index >= 15 is 0 Å². The van der Waals surface area contributed by atoms with E-state index in [1.165, 1.54) is 5.56 Å². The Hall–Kier alpha value is -0.610.